The monoisotopic (exact) mass is 263 g/mol. The third-order valence-electron chi connectivity index (χ3n) is 3.00. The molecule has 1 aromatic carbocycles. The van der Waals surface area contributed by atoms with E-state index < -0.39 is 0 Å². The molecule has 0 atom stereocenters. The Kier molecular flexibility index (Phi) is 6.89. The summed E-state index contributed by atoms with van der Waals surface area (Å²) >= 11 is 0. The van der Waals surface area contributed by atoms with Gasteiger partial charge in [0.25, 0.3) is 0 Å². The predicted octanol–water partition coefficient (Wildman–Crippen LogP) is 2.49. The standard InChI is InChI=1S/C16H29N3/c1-16(2,3)18-13-12-17-11-8-14-19(4)15-9-6-5-7-10-15/h5-7,9-10,17-18H,8,11-14H2,1-4H3. The molecule has 0 aliphatic heterocycles. The van der Waals surface area contributed by atoms with Crippen LogP contribution in [0.2, 0.25) is 0 Å². The summed E-state index contributed by atoms with van der Waals surface area (Å²) in [6, 6.07) is 10.5. The lowest BCUT2D eigenvalue weighted by atomic mass is 10.1. The average molecular weight is 263 g/mol. The summed E-state index contributed by atoms with van der Waals surface area (Å²) in [5.41, 5.74) is 1.51. The first-order valence-electron chi connectivity index (χ1n) is 7.21. The van der Waals surface area contributed by atoms with Gasteiger partial charge in [0.05, 0.1) is 0 Å². The second-order valence-electron chi connectivity index (χ2n) is 6.04. The van der Waals surface area contributed by atoms with Crippen molar-refractivity contribution in [3.05, 3.63) is 30.3 Å². The van der Waals surface area contributed by atoms with Crippen LogP contribution in [0.25, 0.3) is 0 Å². The molecule has 0 heterocycles. The molecule has 1 aromatic rings. The molecular formula is C16H29N3. The molecule has 19 heavy (non-hydrogen) atoms. The maximum absolute atomic E-state index is 3.48. The summed E-state index contributed by atoms with van der Waals surface area (Å²) < 4.78 is 0. The Morgan fingerprint density at radius 3 is 2.32 bits per heavy atom. The highest BCUT2D eigenvalue weighted by Gasteiger charge is 2.06. The molecule has 3 heteroatoms. The SMILES string of the molecule is CN(CCCNCCNC(C)(C)C)c1ccccc1. The molecule has 0 saturated carbocycles. The predicted molar refractivity (Wildman–Crippen MR) is 85.0 cm³/mol. The van der Waals surface area contributed by atoms with E-state index in [1.54, 1.807) is 0 Å². The molecule has 0 aromatic heterocycles. The molecule has 3 nitrogen and oxygen atoms in total. The first kappa shape index (κ1) is 16.0. The van der Waals surface area contributed by atoms with E-state index in [0.29, 0.717) is 0 Å². The number of rotatable bonds is 8. The Balaban J connectivity index is 2.02. The van der Waals surface area contributed by atoms with Gasteiger partial charge < -0.3 is 15.5 Å². The maximum Gasteiger partial charge on any atom is 0.0363 e. The first-order valence-corrected chi connectivity index (χ1v) is 7.21. The van der Waals surface area contributed by atoms with Gasteiger partial charge in [0, 0.05) is 37.9 Å². The van der Waals surface area contributed by atoms with Gasteiger partial charge in [0.15, 0.2) is 0 Å². The minimum Gasteiger partial charge on any atom is -0.375 e. The Bertz CT molecular complexity index is 330. The van der Waals surface area contributed by atoms with Crippen molar-refractivity contribution in [1.29, 1.82) is 0 Å². The van der Waals surface area contributed by atoms with E-state index in [2.05, 4.69) is 73.7 Å². The molecule has 1 rings (SSSR count). The highest BCUT2D eigenvalue weighted by molar-refractivity contribution is 5.44. The largest absolute Gasteiger partial charge is 0.375 e. The number of anilines is 1. The van der Waals surface area contributed by atoms with Crippen LogP contribution >= 0.6 is 0 Å². The van der Waals surface area contributed by atoms with Gasteiger partial charge in [0.1, 0.15) is 0 Å². The van der Waals surface area contributed by atoms with Crippen molar-refractivity contribution in [2.45, 2.75) is 32.7 Å². The Morgan fingerprint density at radius 2 is 1.68 bits per heavy atom. The molecule has 0 spiro atoms. The fourth-order valence-electron chi connectivity index (χ4n) is 1.90. The van der Waals surface area contributed by atoms with Gasteiger partial charge in [-0.1, -0.05) is 18.2 Å². The van der Waals surface area contributed by atoms with E-state index >= 15 is 0 Å². The summed E-state index contributed by atoms with van der Waals surface area (Å²) in [7, 11) is 2.15. The van der Waals surface area contributed by atoms with Crippen LogP contribution in [0, 0.1) is 0 Å². The number of benzene rings is 1. The normalized spacial score (nSPS) is 11.6. The zero-order valence-electron chi connectivity index (χ0n) is 12.9. The molecule has 0 aliphatic carbocycles. The summed E-state index contributed by atoms with van der Waals surface area (Å²) in [5, 5.41) is 6.95. The lowest BCUT2D eigenvalue weighted by Gasteiger charge is -2.21. The van der Waals surface area contributed by atoms with Crippen LogP contribution in [0.15, 0.2) is 30.3 Å². The van der Waals surface area contributed by atoms with Gasteiger partial charge in [-0.3, -0.25) is 0 Å². The topological polar surface area (TPSA) is 27.3 Å². The van der Waals surface area contributed by atoms with Crippen molar-refractivity contribution in [2.75, 3.05) is 38.1 Å². The lowest BCUT2D eigenvalue weighted by molar-refractivity contribution is 0.421. The fraction of sp³-hybridized carbons (Fsp3) is 0.625. The second-order valence-corrected chi connectivity index (χ2v) is 6.04. The molecule has 0 saturated heterocycles. The van der Waals surface area contributed by atoms with E-state index in [9.17, 15) is 0 Å². The van der Waals surface area contributed by atoms with Crippen LogP contribution < -0.4 is 15.5 Å². The summed E-state index contributed by atoms with van der Waals surface area (Å²) in [4.78, 5) is 2.30. The highest BCUT2D eigenvalue weighted by atomic mass is 15.1. The van der Waals surface area contributed by atoms with Crippen molar-refractivity contribution in [3.8, 4) is 0 Å². The van der Waals surface area contributed by atoms with Gasteiger partial charge in [-0.2, -0.15) is 0 Å². The molecular weight excluding hydrogens is 234 g/mol. The van der Waals surface area contributed by atoms with Crippen LogP contribution in [0.4, 0.5) is 5.69 Å². The highest BCUT2D eigenvalue weighted by Crippen LogP contribution is 2.10. The number of hydrogen-bond donors (Lipinski definition) is 2. The minimum absolute atomic E-state index is 0.217. The van der Waals surface area contributed by atoms with Crippen LogP contribution in [0.1, 0.15) is 27.2 Å². The molecule has 2 N–H and O–H groups in total. The molecule has 0 amide bonds. The van der Waals surface area contributed by atoms with Gasteiger partial charge in [-0.05, 0) is 45.9 Å². The van der Waals surface area contributed by atoms with Crippen LogP contribution in [-0.2, 0) is 0 Å². The number of nitrogens with zero attached hydrogens (tertiary/aromatic N) is 1. The summed E-state index contributed by atoms with van der Waals surface area (Å²) in [6.07, 6.45) is 1.17. The number of nitrogens with one attached hydrogen (secondary N) is 2. The number of para-hydroxylation sites is 1. The van der Waals surface area contributed by atoms with E-state index in [0.717, 1.165) is 26.2 Å². The second kappa shape index (κ2) is 8.18. The Hall–Kier alpha value is -1.06. The van der Waals surface area contributed by atoms with Crippen molar-refractivity contribution < 1.29 is 0 Å². The molecule has 108 valence electrons. The molecule has 0 aliphatic rings. The number of hydrogen-bond acceptors (Lipinski definition) is 3. The van der Waals surface area contributed by atoms with Gasteiger partial charge in [-0.15, -0.1) is 0 Å². The smallest absolute Gasteiger partial charge is 0.0363 e. The molecule has 0 bridgehead atoms. The van der Waals surface area contributed by atoms with Crippen molar-refractivity contribution in [1.82, 2.24) is 10.6 Å². The zero-order valence-corrected chi connectivity index (χ0v) is 12.9. The summed E-state index contributed by atoms with van der Waals surface area (Å²) in [6.45, 7) is 10.8. The van der Waals surface area contributed by atoms with Gasteiger partial charge in [0.2, 0.25) is 0 Å². The van der Waals surface area contributed by atoms with Crippen molar-refractivity contribution >= 4 is 5.69 Å². The molecule has 0 unspecified atom stereocenters. The third-order valence-corrected chi connectivity index (χ3v) is 3.00. The fourth-order valence-corrected chi connectivity index (χ4v) is 1.90. The van der Waals surface area contributed by atoms with E-state index in [1.165, 1.54) is 12.1 Å². The first-order chi connectivity index (χ1) is 8.99. The zero-order chi connectivity index (χ0) is 14.1. The molecule has 0 radical (unpaired) electrons. The average Bonchev–Trinajstić information content (AvgIpc) is 2.37. The molecule has 0 fully saturated rings. The van der Waals surface area contributed by atoms with Crippen molar-refractivity contribution in [2.24, 2.45) is 0 Å². The van der Waals surface area contributed by atoms with Crippen LogP contribution in [0.3, 0.4) is 0 Å². The van der Waals surface area contributed by atoms with Crippen LogP contribution in [0.5, 0.6) is 0 Å². The Labute approximate surface area is 118 Å². The maximum atomic E-state index is 3.48. The van der Waals surface area contributed by atoms with Crippen molar-refractivity contribution in [3.63, 3.8) is 0 Å². The van der Waals surface area contributed by atoms with Gasteiger partial charge in [-0.25, -0.2) is 0 Å². The third kappa shape index (κ3) is 7.85. The van der Waals surface area contributed by atoms with E-state index in [1.807, 2.05) is 0 Å². The van der Waals surface area contributed by atoms with Gasteiger partial charge >= 0.3 is 0 Å². The lowest BCUT2D eigenvalue weighted by Crippen LogP contribution is -2.40. The van der Waals surface area contributed by atoms with E-state index in [-0.39, 0.29) is 5.54 Å². The minimum atomic E-state index is 0.217. The van der Waals surface area contributed by atoms with E-state index in [4.69, 9.17) is 0 Å². The Morgan fingerprint density at radius 1 is 1.00 bits per heavy atom. The summed E-state index contributed by atoms with van der Waals surface area (Å²) in [5.74, 6) is 0. The van der Waals surface area contributed by atoms with Crippen LogP contribution in [-0.4, -0.2) is 38.8 Å². The quantitative estimate of drug-likeness (QED) is 0.706.